The maximum Gasteiger partial charge on any atom is 0.387 e. The van der Waals surface area contributed by atoms with Crippen LogP contribution >= 0.6 is 11.6 Å². The number of carbonyl (C=O) groups excluding carboxylic acids is 1. The monoisotopic (exact) mass is 450 g/mol. The van der Waals surface area contributed by atoms with Gasteiger partial charge in [0.15, 0.2) is 17.3 Å². The summed E-state index contributed by atoms with van der Waals surface area (Å²) < 4.78 is 65.5. The third kappa shape index (κ3) is 3.85. The van der Waals surface area contributed by atoms with Gasteiger partial charge in [0.25, 0.3) is 0 Å². The maximum absolute atomic E-state index is 15.3. The Morgan fingerprint density at radius 2 is 1.84 bits per heavy atom. The lowest BCUT2D eigenvalue weighted by atomic mass is 9.90. The molecular weight excluding hydrogens is 436 g/mol. The Morgan fingerprint density at radius 3 is 2.48 bits per heavy atom. The van der Waals surface area contributed by atoms with Crippen molar-refractivity contribution >= 4 is 17.4 Å². The smallest absolute Gasteiger partial charge is 0.387 e. The summed E-state index contributed by atoms with van der Waals surface area (Å²) in [6.45, 7) is -2.10. The summed E-state index contributed by atoms with van der Waals surface area (Å²) in [5.41, 5.74) is 0.525. The molecule has 4 rings (SSSR count). The van der Waals surface area contributed by atoms with Gasteiger partial charge in [-0.3, -0.25) is 4.79 Å². The Kier molecular flexibility index (Phi) is 5.62. The second-order valence-corrected chi connectivity index (χ2v) is 7.36. The van der Waals surface area contributed by atoms with Gasteiger partial charge in [0.1, 0.15) is 17.7 Å². The SMILES string of the molecule is CC(=O)c1ccc(OC(F)F)c(F)c1-c1c(Cl)c(F)cc2c1CC(c1ccccc1)O2. The van der Waals surface area contributed by atoms with Gasteiger partial charge in [0.2, 0.25) is 0 Å². The zero-order chi connectivity index (χ0) is 22.3. The van der Waals surface area contributed by atoms with Crippen LogP contribution in [0.3, 0.4) is 0 Å². The van der Waals surface area contributed by atoms with Crippen molar-refractivity contribution in [2.24, 2.45) is 0 Å². The largest absolute Gasteiger partial charge is 0.485 e. The third-order valence-electron chi connectivity index (χ3n) is 5.07. The van der Waals surface area contributed by atoms with Crippen LogP contribution in [0.2, 0.25) is 5.02 Å². The first-order chi connectivity index (χ1) is 14.8. The minimum atomic E-state index is -3.29. The van der Waals surface area contributed by atoms with Crippen molar-refractivity contribution in [3.63, 3.8) is 0 Å². The average Bonchev–Trinajstić information content (AvgIpc) is 3.14. The molecule has 0 spiro atoms. The molecule has 1 atom stereocenters. The van der Waals surface area contributed by atoms with Gasteiger partial charge in [-0.1, -0.05) is 41.9 Å². The standard InChI is InChI=1S/C23H15ClF4O3/c1-11(29)13-7-8-16(31-23(27)28)22(26)20(13)19-14-9-17(12-5-3-2-4-6-12)30-18(14)10-15(25)21(19)24/h2-8,10,17,23H,9H2,1H3. The fourth-order valence-corrected chi connectivity index (χ4v) is 3.99. The van der Waals surface area contributed by atoms with Gasteiger partial charge in [-0.15, -0.1) is 0 Å². The van der Waals surface area contributed by atoms with Crippen LogP contribution in [0.15, 0.2) is 48.5 Å². The highest BCUT2D eigenvalue weighted by molar-refractivity contribution is 6.34. The molecule has 0 saturated heterocycles. The number of hydrogen-bond donors (Lipinski definition) is 0. The normalized spacial score (nSPS) is 15.0. The molecule has 8 heteroatoms. The molecule has 0 amide bonds. The molecule has 3 aromatic rings. The lowest BCUT2D eigenvalue weighted by Gasteiger charge is -2.17. The van der Waals surface area contributed by atoms with E-state index in [1.807, 2.05) is 30.3 Å². The number of alkyl halides is 2. The van der Waals surface area contributed by atoms with Crippen LogP contribution in [0.4, 0.5) is 17.6 Å². The second-order valence-electron chi connectivity index (χ2n) is 6.98. The first kappa shape index (κ1) is 21.2. The number of ketones is 1. The molecule has 3 nitrogen and oxygen atoms in total. The molecule has 0 bridgehead atoms. The van der Waals surface area contributed by atoms with Crippen molar-refractivity contribution in [2.45, 2.75) is 26.1 Å². The number of Topliss-reactive ketones (excluding diaryl/α,β-unsaturated/α-hetero) is 1. The van der Waals surface area contributed by atoms with E-state index in [4.69, 9.17) is 16.3 Å². The quantitative estimate of drug-likeness (QED) is 0.318. The molecule has 0 fully saturated rings. The summed E-state index contributed by atoms with van der Waals surface area (Å²) in [6, 6.07) is 12.3. The molecule has 31 heavy (non-hydrogen) atoms. The van der Waals surface area contributed by atoms with Gasteiger partial charge in [-0.2, -0.15) is 8.78 Å². The second kappa shape index (κ2) is 8.23. The number of fused-ring (bicyclic) bond motifs is 1. The molecular formula is C23H15ClF4O3. The van der Waals surface area contributed by atoms with Crippen LogP contribution in [0.1, 0.15) is 34.5 Å². The van der Waals surface area contributed by atoms with Crippen LogP contribution in [0, 0.1) is 11.6 Å². The first-order valence-electron chi connectivity index (χ1n) is 9.29. The van der Waals surface area contributed by atoms with E-state index in [2.05, 4.69) is 4.74 Å². The van der Waals surface area contributed by atoms with E-state index < -0.39 is 46.5 Å². The summed E-state index contributed by atoms with van der Waals surface area (Å²) in [4.78, 5) is 12.2. The summed E-state index contributed by atoms with van der Waals surface area (Å²) in [6.07, 6.45) is -0.275. The molecule has 160 valence electrons. The third-order valence-corrected chi connectivity index (χ3v) is 5.44. The van der Waals surface area contributed by atoms with Gasteiger partial charge < -0.3 is 9.47 Å². The Labute approximate surface area is 180 Å². The number of rotatable bonds is 5. The average molecular weight is 451 g/mol. The maximum atomic E-state index is 15.3. The van der Waals surface area contributed by atoms with Crippen molar-refractivity contribution in [3.8, 4) is 22.6 Å². The van der Waals surface area contributed by atoms with E-state index >= 15 is 4.39 Å². The Hall–Kier alpha value is -3.06. The van der Waals surface area contributed by atoms with Crippen molar-refractivity contribution in [1.29, 1.82) is 0 Å². The summed E-state index contributed by atoms with van der Waals surface area (Å²) in [7, 11) is 0. The van der Waals surface area contributed by atoms with Gasteiger partial charge in [-0.05, 0) is 24.6 Å². The van der Waals surface area contributed by atoms with Crippen LogP contribution in [-0.4, -0.2) is 12.4 Å². The molecule has 0 aliphatic carbocycles. The fourth-order valence-electron chi connectivity index (χ4n) is 3.72. The molecule has 1 aliphatic heterocycles. The van der Waals surface area contributed by atoms with Crippen LogP contribution in [0.5, 0.6) is 11.5 Å². The predicted octanol–water partition coefficient (Wildman–Crippen LogP) is 6.77. The topological polar surface area (TPSA) is 35.5 Å². The van der Waals surface area contributed by atoms with E-state index in [1.165, 1.54) is 6.92 Å². The summed E-state index contributed by atoms with van der Waals surface area (Å²) in [5.74, 6) is -3.31. The molecule has 1 heterocycles. The number of benzene rings is 3. The Bertz CT molecular complexity index is 1170. The highest BCUT2D eigenvalue weighted by atomic mass is 35.5. The van der Waals surface area contributed by atoms with Crippen molar-refractivity contribution < 1.29 is 31.8 Å². The van der Waals surface area contributed by atoms with Crippen LogP contribution in [0.25, 0.3) is 11.1 Å². The van der Waals surface area contributed by atoms with Crippen LogP contribution in [-0.2, 0) is 6.42 Å². The van der Waals surface area contributed by atoms with Gasteiger partial charge >= 0.3 is 6.61 Å². The van der Waals surface area contributed by atoms with Crippen molar-refractivity contribution in [3.05, 3.63) is 81.9 Å². The van der Waals surface area contributed by atoms with E-state index in [0.717, 1.165) is 23.8 Å². The minimum Gasteiger partial charge on any atom is -0.485 e. The van der Waals surface area contributed by atoms with E-state index in [1.54, 1.807) is 0 Å². The Morgan fingerprint density at radius 1 is 1.13 bits per heavy atom. The highest BCUT2D eigenvalue weighted by Gasteiger charge is 2.33. The molecule has 3 aromatic carbocycles. The predicted molar refractivity (Wildman–Crippen MR) is 107 cm³/mol. The van der Waals surface area contributed by atoms with Gasteiger partial charge in [0.05, 0.1) is 5.02 Å². The van der Waals surface area contributed by atoms with E-state index in [-0.39, 0.29) is 23.3 Å². The van der Waals surface area contributed by atoms with Crippen molar-refractivity contribution in [2.75, 3.05) is 0 Å². The fraction of sp³-hybridized carbons (Fsp3) is 0.174. The number of carbonyl (C=O) groups is 1. The van der Waals surface area contributed by atoms with E-state index in [0.29, 0.717) is 5.56 Å². The lowest BCUT2D eigenvalue weighted by Crippen LogP contribution is -2.08. The minimum absolute atomic E-state index is 0.113. The van der Waals surface area contributed by atoms with Crippen molar-refractivity contribution in [1.82, 2.24) is 0 Å². The lowest BCUT2D eigenvalue weighted by molar-refractivity contribution is -0.0521. The molecule has 0 radical (unpaired) electrons. The Balaban J connectivity index is 1.94. The van der Waals surface area contributed by atoms with Crippen LogP contribution < -0.4 is 9.47 Å². The van der Waals surface area contributed by atoms with E-state index in [9.17, 15) is 18.0 Å². The molecule has 1 unspecified atom stereocenters. The molecule has 1 aliphatic rings. The number of ether oxygens (including phenoxy) is 2. The molecule has 0 N–H and O–H groups in total. The summed E-state index contributed by atoms with van der Waals surface area (Å²) in [5, 5.41) is -0.438. The highest BCUT2D eigenvalue weighted by Crippen LogP contribution is 2.48. The van der Waals surface area contributed by atoms with Gasteiger partial charge in [0, 0.05) is 34.7 Å². The zero-order valence-corrected chi connectivity index (χ0v) is 16.9. The molecule has 0 saturated carbocycles. The zero-order valence-electron chi connectivity index (χ0n) is 16.1. The number of hydrogen-bond acceptors (Lipinski definition) is 3. The molecule has 0 aromatic heterocycles. The summed E-state index contributed by atoms with van der Waals surface area (Å²) >= 11 is 6.21. The van der Waals surface area contributed by atoms with Gasteiger partial charge in [-0.25, -0.2) is 8.78 Å². The first-order valence-corrected chi connectivity index (χ1v) is 9.66. The number of halogens is 5.